The first-order chi connectivity index (χ1) is 33.2. The van der Waals surface area contributed by atoms with Crippen LogP contribution in [0.2, 0.25) is 0 Å². The van der Waals surface area contributed by atoms with Crippen molar-refractivity contribution >= 4 is 21.8 Å². The van der Waals surface area contributed by atoms with Gasteiger partial charge in [-0.1, -0.05) is 207 Å². The SMILES string of the molecule is CC(C)(C)c1cc(-[n+]2[c-]n(-c3[c-]c(Oc4[c-]c5c(c(C(C)(C)C)c4)c4ccccc4n5-c4cc(C(C)(C)C)ccn4)cc(C(C)(C)c4ccccc4)c3)cc2C(C)(C)c2ccccc2)cc(C(C)(C)C)c1.[Pt]. The van der Waals surface area contributed by atoms with Crippen molar-refractivity contribution in [3.63, 3.8) is 0 Å². The van der Waals surface area contributed by atoms with Crippen LogP contribution in [0, 0.1) is 18.5 Å². The van der Waals surface area contributed by atoms with E-state index in [1.54, 1.807) is 0 Å². The number of aromatic nitrogens is 4. The minimum atomic E-state index is -0.406. The van der Waals surface area contributed by atoms with E-state index in [0.717, 1.165) is 50.3 Å². The van der Waals surface area contributed by atoms with Crippen LogP contribution >= 0.6 is 0 Å². The molecule has 0 fully saturated rings. The molecule has 0 unspecified atom stereocenters. The van der Waals surface area contributed by atoms with Crippen molar-refractivity contribution in [2.24, 2.45) is 0 Å². The van der Waals surface area contributed by atoms with Gasteiger partial charge in [0.05, 0.1) is 11.4 Å². The van der Waals surface area contributed by atoms with E-state index < -0.39 is 10.8 Å². The standard InChI is InChI=1S/C66H72N4O.Pt/c1-61(2,3)46-31-32-67-59(38-46)70-56-30-24-23-29-54(56)60-55(64(10,11)12)40-53(41-57(60)70)71-52-37-49(65(13,14)44-25-19-17-20-26-44)36-50(39-52)68-42-58(66(15,16)45-27-21-18-22-28-45)69(43-68)51-34-47(62(4,5)6)33-48(35-51)63(7,8)9;/h17-38,40,42H,1-16H3;/q-2;. The molecule has 0 spiro atoms. The summed E-state index contributed by atoms with van der Waals surface area (Å²) in [5.74, 6) is 2.06. The summed E-state index contributed by atoms with van der Waals surface area (Å²) in [6.45, 7) is 36.5. The first-order valence-electron chi connectivity index (χ1n) is 25.3. The van der Waals surface area contributed by atoms with E-state index in [2.05, 4.69) is 283 Å². The zero-order valence-corrected chi connectivity index (χ0v) is 47.6. The molecule has 3 aromatic heterocycles. The Balaban J connectivity index is 0.00000693. The summed E-state index contributed by atoms with van der Waals surface area (Å²) in [5.41, 5.74) is 12.2. The van der Waals surface area contributed by atoms with Crippen LogP contribution in [-0.4, -0.2) is 14.1 Å². The monoisotopic (exact) mass is 1130 g/mol. The molecule has 0 atom stereocenters. The molecule has 5 nitrogen and oxygen atoms in total. The third-order valence-corrected chi connectivity index (χ3v) is 14.6. The van der Waals surface area contributed by atoms with Gasteiger partial charge in [0.15, 0.2) is 0 Å². The Labute approximate surface area is 444 Å². The third-order valence-electron chi connectivity index (χ3n) is 14.6. The van der Waals surface area contributed by atoms with Crippen molar-refractivity contribution in [1.29, 1.82) is 0 Å². The number of rotatable bonds is 9. The number of ether oxygens (including phenoxy) is 1. The summed E-state index contributed by atoms with van der Waals surface area (Å²) < 4.78 is 13.9. The van der Waals surface area contributed by atoms with E-state index in [1.165, 1.54) is 33.4 Å². The van der Waals surface area contributed by atoms with Gasteiger partial charge in [0, 0.05) is 55.9 Å². The molecule has 0 radical (unpaired) electrons. The van der Waals surface area contributed by atoms with Crippen molar-refractivity contribution < 1.29 is 30.4 Å². The third kappa shape index (κ3) is 10.0. The summed E-state index contributed by atoms with van der Waals surface area (Å²) in [6, 6.07) is 55.8. The Morgan fingerprint density at radius 3 is 1.64 bits per heavy atom. The summed E-state index contributed by atoms with van der Waals surface area (Å²) in [6.07, 6.45) is 8.07. The van der Waals surface area contributed by atoms with Crippen LogP contribution in [0.25, 0.3) is 39.0 Å². The van der Waals surface area contributed by atoms with Gasteiger partial charge in [0.1, 0.15) is 5.82 Å². The Hall–Kier alpha value is -6.03. The molecule has 6 aromatic carbocycles. The fraction of sp³-hybridized carbons (Fsp3) is 0.333. The molecular formula is C66H72N4OPt-2. The molecule has 6 heteroatoms. The number of pyridine rings is 1. The molecule has 0 aliphatic rings. The number of benzene rings is 6. The van der Waals surface area contributed by atoms with E-state index in [9.17, 15) is 0 Å². The maximum atomic E-state index is 7.21. The van der Waals surface area contributed by atoms with Crippen LogP contribution in [0.3, 0.4) is 0 Å². The largest absolute Gasteiger partial charge is 0.510 e. The van der Waals surface area contributed by atoms with Crippen LogP contribution in [0.1, 0.15) is 155 Å². The van der Waals surface area contributed by atoms with Crippen molar-refractivity contribution in [2.45, 2.75) is 143 Å². The van der Waals surface area contributed by atoms with Gasteiger partial charge in [-0.3, -0.25) is 4.57 Å². The van der Waals surface area contributed by atoms with Gasteiger partial charge in [-0.2, -0.15) is 6.07 Å². The molecule has 0 bridgehead atoms. The fourth-order valence-electron chi connectivity index (χ4n) is 9.83. The number of fused-ring (bicyclic) bond motifs is 3. The quantitative estimate of drug-likeness (QED) is 0.107. The molecule has 9 rings (SSSR count). The number of nitrogens with zero attached hydrogens (tertiary/aromatic N) is 4. The zero-order valence-electron chi connectivity index (χ0n) is 45.4. The predicted molar refractivity (Wildman–Crippen MR) is 294 cm³/mol. The first-order valence-corrected chi connectivity index (χ1v) is 25.3. The molecule has 374 valence electrons. The van der Waals surface area contributed by atoms with Gasteiger partial charge >= 0.3 is 0 Å². The molecule has 3 heterocycles. The second-order valence-electron chi connectivity index (χ2n) is 24.8. The van der Waals surface area contributed by atoms with Gasteiger partial charge in [-0.05, 0) is 96.3 Å². The van der Waals surface area contributed by atoms with E-state index in [4.69, 9.17) is 9.72 Å². The Bertz CT molecular complexity index is 3390. The number of hydrogen-bond donors (Lipinski definition) is 0. The van der Waals surface area contributed by atoms with Crippen molar-refractivity contribution in [3.05, 3.63) is 209 Å². The molecule has 0 saturated heterocycles. The number of hydrogen-bond acceptors (Lipinski definition) is 2. The van der Waals surface area contributed by atoms with Gasteiger partial charge in [0.2, 0.25) is 0 Å². The van der Waals surface area contributed by atoms with Gasteiger partial charge in [0.25, 0.3) is 6.33 Å². The summed E-state index contributed by atoms with van der Waals surface area (Å²) in [5, 5.41) is 2.31. The van der Waals surface area contributed by atoms with Crippen molar-refractivity contribution in [1.82, 2.24) is 14.1 Å². The minimum absolute atomic E-state index is 0. The Kier molecular flexibility index (Phi) is 13.6. The van der Waals surface area contributed by atoms with Crippen molar-refractivity contribution in [3.8, 4) is 28.7 Å². The predicted octanol–water partition coefficient (Wildman–Crippen LogP) is 16.3. The van der Waals surface area contributed by atoms with Crippen LogP contribution in [0.15, 0.2) is 146 Å². The average Bonchev–Trinajstić information content (AvgIpc) is 3.92. The molecule has 0 N–H and O–H groups in total. The molecule has 0 aliphatic carbocycles. The molecule has 9 aromatic rings. The maximum Gasteiger partial charge on any atom is 0.267 e. The number of imidazole rings is 1. The molecule has 0 saturated carbocycles. The van der Waals surface area contributed by atoms with Crippen LogP contribution in [-0.2, 0) is 53.6 Å². The van der Waals surface area contributed by atoms with Crippen molar-refractivity contribution in [2.75, 3.05) is 0 Å². The molecule has 0 aliphatic heterocycles. The second kappa shape index (κ2) is 18.8. The van der Waals surface area contributed by atoms with E-state index in [1.807, 2.05) is 6.20 Å². The topological polar surface area (TPSA) is 35.9 Å². The molecular weight excluding hydrogens is 1060 g/mol. The van der Waals surface area contributed by atoms with E-state index >= 15 is 0 Å². The van der Waals surface area contributed by atoms with Crippen LogP contribution < -0.4 is 9.30 Å². The van der Waals surface area contributed by atoms with E-state index in [0.29, 0.717) is 11.5 Å². The average molecular weight is 1130 g/mol. The number of para-hydroxylation sites is 1. The maximum absolute atomic E-state index is 7.21. The minimum Gasteiger partial charge on any atom is -0.510 e. The molecule has 72 heavy (non-hydrogen) atoms. The van der Waals surface area contributed by atoms with Gasteiger partial charge < -0.3 is 13.9 Å². The van der Waals surface area contributed by atoms with Crippen LogP contribution in [0.5, 0.6) is 11.5 Å². The van der Waals surface area contributed by atoms with E-state index in [-0.39, 0.29) is 42.7 Å². The Morgan fingerprint density at radius 1 is 0.500 bits per heavy atom. The smallest absolute Gasteiger partial charge is 0.267 e. The fourth-order valence-corrected chi connectivity index (χ4v) is 9.83. The second-order valence-corrected chi connectivity index (χ2v) is 24.8. The Morgan fingerprint density at radius 2 is 1.06 bits per heavy atom. The summed E-state index contributed by atoms with van der Waals surface area (Å²) in [4.78, 5) is 5.00. The molecule has 0 amide bonds. The van der Waals surface area contributed by atoms with Gasteiger partial charge in [-0.15, -0.1) is 35.4 Å². The normalized spacial score (nSPS) is 12.9. The summed E-state index contributed by atoms with van der Waals surface area (Å²) >= 11 is 0. The van der Waals surface area contributed by atoms with Crippen LogP contribution in [0.4, 0.5) is 0 Å². The first kappa shape index (κ1) is 52.3. The van der Waals surface area contributed by atoms with Gasteiger partial charge in [-0.25, -0.2) is 4.98 Å². The summed E-state index contributed by atoms with van der Waals surface area (Å²) in [7, 11) is 0. The zero-order chi connectivity index (χ0) is 51.1.